The molecule has 0 aliphatic carbocycles. The van der Waals surface area contributed by atoms with E-state index in [0.717, 1.165) is 11.5 Å². The van der Waals surface area contributed by atoms with E-state index in [4.69, 9.17) is 11.6 Å². The molecule has 6 heteroatoms. The molecule has 2 aromatic rings. The highest BCUT2D eigenvalue weighted by molar-refractivity contribution is 9.10. The Morgan fingerprint density at radius 1 is 1.33 bits per heavy atom. The van der Waals surface area contributed by atoms with Gasteiger partial charge >= 0.3 is 0 Å². The zero-order valence-electron chi connectivity index (χ0n) is 9.47. The highest BCUT2D eigenvalue weighted by atomic mass is 79.9. The molecule has 0 fully saturated rings. The number of nitrogens with zero attached hydrogens (tertiary/aromatic N) is 1. The fourth-order valence-corrected chi connectivity index (χ4v) is 2.35. The van der Waals surface area contributed by atoms with Crippen LogP contribution in [0.1, 0.15) is 0 Å². The summed E-state index contributed by atoms with van der Waals surface area (Å²) >= 11 is 9.27. The normalized spacial score (nSPS) is 10.2. The van der Waals surface area contributed by atoms with Gasteiger partial charge in [-0.1, -0.05) is 11.6 Å². The summed E-state index contributed by atoms with van der Waals surface area (Å²) in [4.78, 5) is 4.10. The minimum absolute atomic E-state index is 0.310. The van der Waals surface area contributed by atoms with E-state index in [0.29, 0.717) is 15.2 Å². The molecule has 1 aromatic carbocycles. The Hall–Kier alpha value is -1.33. The molecule has 1 heterocycles. The van der Waals surface area contributed by atoms with Crippen LogP contribution in [0.25, 0.3) is 0 Å². The van der Waals surface area contributed by atoms with E-state index in [9.17, 15) is 4.39 Å². The lowest BCUT2D eigenvalue weighted by atomic mass is 10.3. The molecule has 2 rings (SSSR count). The first kappa shape index (κ1) is 13.1. The fourth-order valence-electron chi connectivity index (χ4n) is 1.45. The summed E-state index contributed by atoms with van der Waals surface area (Å²) in [6, 6.07) is 6.24. The standard InChI is InChI=1S/C12H10BrClFN3/c1-16-11-6-8(2-3-17-11)18-12-9(13)4-7(15)5-10(12)14/h2-6H,1H3,(H2,16,17,18). The summed E-state index contributed by atoms with van der Waals surface area (Å²) in [6.07, 6.45) is 1.67. The van der Waals surface area contributed by atoms with Crippen LogP contribution in [0.15, 0.2) is 34.9 Å². The quantitative estimate of drug-likeness (QED) is 0.874. The summed E-state index contributed by atoms with van der Waals surface area (Å²) < 4.78 is 13.7. The van der Waals surface area contributed by atoms with Crippen molar-refractivity contribution < 1.29 is 4.39 Å². The number of aromatic nitrogens is 1. The molecule has 0 radical (unpaired) electrons. The first-order valence-corrected chi connectivity index (χ1v) is 6.32. The topological polar surface area (TPSA) is 37.0 Å². The van der Waals surface area contributed by atoms with Gasteiger partial charge in [0.2, 0.25) is 0 Å². The van der Waals surface area contributed by atoms with Crippen molar-refractivity contribution in [1.82, 2.24) is 4.98 Å². The molecule has 0 aliphatic heterocycles. The van der Waals surface area contributed by atoms with Gasteiger partial charge in [-0.15, -0.1) is 0 Å². The Morgan fingerprint density at radius 2 is 2.11 bits per heavy atom. The minimum atomic E-state index is -0.386. The maximum Gasteiger partial charge on any atom is 0.127 e. The molecule has 0 bridgehead atoms. The van der Waals surface area contributed by atoms with Crippen LogP contribution in [0.4, 0.5) is 21.6 Å². The van der Waals surface area contributed by atoms with Gasteiger partial charge in [0.05, 0.1) is 10.7 Å². The average molecular weight is 331 g/mol. The van der Waals surface area contributed by atoms with E-state index in [-0.39, 0.29) is 5.82 Å². The zero-order valence-corrected chi connectivity index (χ0v) is 11.8. The van der Waals surface area contributed by atoms with Crippen molar-refractivity contribution in [3.05, 3.63) is 45.8 Å². The third-order valence-corrected chi connectivity index (χ3v) is 3.22. The van der Waals surface area contributed by atoms with Crippen molar-refractivity contribution in [3.63, 3.8) is 0 Å². The third kappa shape index (κ3) is 2.91. The number of benzene rings is 1. The van der Waals surface area contributed by atoms with Gasteiger partial charge in [0.15, 0.2) is 0 Å². The van der Waals surface area contributed by atoms with E-state index in [1.807, 2.05) is 6.07 Å². The van der Waals surface area contributed by atoms with E-state index >= 15 is 0 Å². The number of pyridine rings is 1. The van der Waals surface area contributed by atoms with Crippen molar-refractivity contribution in [1.29, 1.82) is 0 Å². The first-order valence-electron chi connectivity index (χ1n) is 5.15. The summed E-state index contributed by atoms with van der Waals surface area (Å²) in [5.41, 5.74) is 1.43. The second-order valence-corrected chi connectivity index (χ2v) is 4.81. The van der Waals surface area contributed by atoms with Crippen LogP contribution < -0.4 is 10.6 Å². The molecule has 0 spiro atoms. The molecular formula is C12H10BrClFN3. The van der Waals surface area contributed by atoms with Gasteiger partial charge in [0.25, 0.3) is 0 Å². The maximum absolute atomic E-state index is 13.1. The summed E-state index contributed by atoms with van der Waals surface area (Å²) in [6.45, 7) is 0. The Kier molecular flexibility index (Phi) is 4.04. The van der Waals surface area contributed by atoms with Gasteiger partial charge in [0.1, 0.15) is 11.6 Å². The molecule has 0 amide bonds. The minimum Gasteiger partial charge on any atom is -0.373 e. The second kappa shape index (κ2) is 5.54. The van der Waals surface area contributed by atoms with Crippen LogP contribution in [0, 0.1) is 5.82 Å². The van der Waals surface area contributed by atoms with Crippen molar-refractivity contribution in [2.45, 2.75) is 0 Å². The molecule has 1 aromatic heterocycles. The van der Waals surface area contributed by atoms with Gasteiger partial charge in [-0.2, -0.15) is 0 Å². The highest BCUT2D eigenvalue weighted by Gasteiger charge is 2.08. The smallest absolute Gasteiger partial charge is 0.127 e. The van der Waals surface area contributed by atoms with E-state index in [1.165, 1.54) is 12.1 Å². The SMILES string of the molecule is CNc1cc(Nc2c(Cl)cc(F)cc2Br)ccn1. The lowest BCUT2D eigenvalue weighted by molar-refractivity contribution is 0.627. The zero-order chi connectivity index (χ0) is 13.1. The molecule has 18 heavy (non-hydrogen) atoms. The van der Waals surface area contributed by atoms with Gasteiger partial charge < -0.3 is 10.6 Å². The summed E-state index contributed by atoms with van der Waals surface area (Å²) in [5, 5.41) is 6.36. The van der Waals surface area contributed by atoms with E-state index in [1.54, 1.807) is 19.3 Å². The largest absolute Gasteiger partial charge is 0.373 e. The van der Waals surface area contributed by atoms with Crippen LogP contribution in [0.2, 0.25) is 5.02 Å². The Balaban J connectivity index is 2.33. The van der Waals surface area contributed by atoms with Gasteiger partial charge in [-0.05, 0) is 34.1 Å². The predicted octanol–water partition coefficient (Wildman–Crippen LogP) is 4.42. The van der Waals surface area contributed by atoms with Gasteiger partial charge in [-0.3, -0.25) is 0 Å². The molecule has 0 saturated carbocycles. The molecular weight excluding hydrogens is 321 g/mol. The monoisotopic (exact) mass is 329 g/mol. The van der Waals surface area contributed by atoms with Crippen LogP contribution in [-0.4, -0.2) is 12.0 Å². The van der Waals surface area contributed by atoms with Crippen molar-refractivity contribution in [3.8, 4) is 0 Å². The van der Waals surface area contributed by atoms with Crippen molar-refractivity contribution in [2.75, 3.05) is 17.7 Å². The highest BCUT2D eigenvalue weighted by Crippen LogP contribution is 2.34. The number of hydrogen-bond donors (Lipinski definition) is 2. The van der Waals surface area contributed by atoms with Crippen LogP contribution in [-0.2, 0) is 0 Å². The van der Waals surface area contributed by atoms with E-state index < -0.39 is 0 Å². The molecule has 2 N–H and O–H groups in total. The number of anilines is 3. The number of nitrogens with one attached hydrogen (secondary N) is 2. The van der Waals surface area contributed by atoms with Crippen molar-refractivity contribution >= 4 is 44.7 Å². The molecule has 94 valence electrons. The fraction of sp³-hybridized carbons (Fsp3) is 0.0833. The maximum atomic E-state index is 13.1. The van der Waals surface area contributed by atoms with Crippen LogP contribution >= 0.6 is 27.5 Å². The Bertz CT molecular complexity index is 554. The average Bonchev–Trinajstić information content (AvgIpc) is 2.34. The van der Waals surface area contributed by atoms with Crippen LogP contribution in [0.3, 0.4) is 0 Å². The summed E-state index contributed by atoms with van der Waals surface area (Å²) in [7, 11) is 1.78. The van der Waals surface area contributed by atoms with E-state index in [2.05, 4.69) is 31.5 Å². The Morgan fingerprint density at radius 3 is 2.78 bits per heavy atom. The van der Waals surface area contributed by atoms with Gasteiger partial charge in [-0.25, -0.2) is 9.37 Å². The molecule has 0 atom stereocenters. The molecule has 3 nitrogen and oxygen atoms in total. The third-order valence-electron chi connectivity index (χ3n) is 2.29. The summed E-state index contributed by atoms with van der Waals surface area (Å²) in [5.74, 6) is 0.345. The lowest BCUT2D eigenvalue weighted by Gasteiger charge is -2.11. The molecule has 0 unspecified atom stereocenters. The second-order valence-electron chi connectivity index (χ2n) is 3.55. The number of halogens is 3. The molecule has 0 saturated heterocycles. The van der Waals surface area contributed by atoms with Crippen LogP contribution in [0.5, 0.6) is 0 Å². The number of hydrogen-bond acceptors (Lipinski definition) is 3. The molecule has 0 aliphatic rings. The first-order chi connectivity index (χ1) is 8.60. The predicted molar refractivity (Wildman–Crippen MR) is 76.2 cm³/mol. The van der Waals surface area contributed by atoms with Crippen molar-refractivity contribution in [2.24, 2.45) is 0 Å². The van der Waals surface area contributed by atoms with Gasteiger partial charge in [0, 0.05) is 29.5 Å². The number of rotatable bonds is 3. The Labute approximate surface area is 118 Å². The lowest BCUT2D eigenvalue weighted by Crippen LogP contribution is -1.96.